The normalized spacial score (nSPS) is 10.7. The van der Waals surface area contributed by atoms with Crippen LogP contribution < -0.4 is 15.4 Å². The van der Waals surface area contributed by atoms with Crippen molar-refractivity contribution >= 4 is 5.91 Å². The number of nitrogens with one attached hydrogen (secondary N) is 2. The molecule has 0 fully saturated rings. The molecule has 0 aliphatic heterocycles. The second-order valence-corrected chi connectivity index (χ2v) is 5.04. The molecule has 1 aromatic carbocycles. The Balaban J connectivity index is 2.28. The highest BCUT2D eigenvalue weighted by molar-refractivity contribution is 5.76. The number of amides is 1. The lowest BCUT2D eigenvalue weighted by molar-refractivity contribution is -0.121. The number of hydrogen-bond donors (Lipinski definition) is 2. The lowest BCUT2D eigenvalue weighted by Gasteiger charge is -2.14. The molecule has 1 aromatic rings. The molecule has 0 atom stereocenters. The van der Waals surface area contributed by atoms with Gasteiger partial charge in [-0.15, -0.1) is 0 Å². The summed E-state index contributed by atoms with van der Waals surface area (Å²) in [5, 5.41) is 6.06. The van der Waals surface area contributed by atoms with Crippen LogP contribution >= 0.6 is 0 Å². The van der Waals surface area contributed by atoms with Crippen LogP contribution in [0.2, 0.25) is 0 Å². The molecule has 0 heterocycles. The van der Waals surface area contributed by atoms with Crippen LogP contribution in [0.4, 0.5) is 0 Å². The zero-order valence-corrected chi connectivity index (χ0v) is 13.1. The van der Waals surface area contributed by atoms with Gasteiger partial charge in [-0.3, -0.25) is 4.79 Å². The average molecular weight is 294 g/mol. The Labute approximate surface area is 127 Å². The van der Waals surface area contributed by atoms with Crippen molar-refractivity contribution in [3.8, 4) is 5.75 Å². The SMILES string of the molecule is COCCNC(=O)CCNCc1ccccc1OC(C)C. The highest BCUT2D eigenvalue weighted by Gasteiger charge is 2.05. The second-order valence-electron chi connectivity index (χ2n) is 5.04. The highest BCUT2D eigenvalue weighted by Crippen LogP contribution is 2.18. The molecular weight excluding hydrogens is 268 g/mol. The summed E-state index contributed by atoms with van der Waals surface area (Å²) in [5.41, 5.74) is 1.10. The van der Waals surface area contributed by atoms with E-state index in [4.69, 9.17) is 9.47 Å². The standard InChI is InChI=1S/C16H26N2O3/c1-13(2)21-15-7-5-4-6-14(15)12-17-9-8-16(19)18-10-11-20-3/h4-7,13,17H,8-12H2,1-3H3,(H,18,19). The Morgan fingerprint density at radius 2 is 2.00 bits per heavy atom. The van der Waals surface area contributed by atoms with Gasteiger partial charge in [-0.1, -0.05) is 18.2 Å². The van der Waals surface area contributed by atoms with Gasteiger partial charge in [0.2, 0.25) is 5.91 Å². The molecule has 118 valence electrons. The Morgan fingerprint density at radius 1 is 1.24 bits per heavy atom. The third kappa shape index (κ3) is 7.68. The lowest BCUT2D eigenvalue weighted by atomic mass is 10.2. The van der Waals surface area contributed by atoms with Crippen molar-refractivity contribution < 1.29 is 14.3 Å². The third-order valence-corrected chi connectivity index (χ3v) is 2.81. The molecule has 2 N–H and O–H groups in total. The van der Waals surface area contributed by atoms with Crippen LogP contribution in [0.1, 0.15) is 25.8 Å². The minimum Gasteiger partial charge on any atom is -0.491 e. The van der Waals surface area contributed by atoms with E-state index >= 15 is 0 Å². The predicted molar refractivity (Wildman–Crippen MR) is 83.4 cm³/mol. The van der Waals surface area contributed by atoms with E-state index in [9.17, 15) is 4.79 Å². The van der Waals surface area contributed by atoms with Gasteiger partial charge in [0.25, 0.3) is 0 Å². The lowest BCUT2D eigenvalue weighted by Crippen LogP contribution is -2.30. The Kier molecular flexibility index (Phi) is 8.47. The third-order valence-electron chi connectivity index (χ3n) is 2.81. The van der Waals surface area contributed by atoms with Gasteiger partial charge in [-0.2, -0.15) is 0 Å². The number of para-hydroxylation sites is 1. The van der Waals surface area contributed by atoms with E-state index in [1.165, 1.54) is 0 Å². The average Bonchev–Trinajstić information content (AvgIpc) is 2.45. The number of hydrogen-bond acceptors (Lipinski definition) is 4. The first kappa shape index (κ1) is 17.5. The topological polar surface area (TPSA) is 59.6 Å². The summed E-state index contributed by atoms with van der Waals surface area (Å²) in [6.07, 6.45) is 0.606. The largest absolute Gasteiger partial charge is 0.491 e. The van der Waals surface area contributed by atoms with E-state index in [2.05, 4.69) is 10.6 Å². The van der Waals surface area contributed by atoms with Crippen LogP contribution in [0.25, 0.3) is 0 Å². The summed E-state index contributed by atoms with van der Waals surface area (Å²) >= 11 is 0. The van der Waals surface area contributed by atoms with Gasteiger partial charge in [0.1, 0.15) is 5.75 Å². The van der Waals surface area contributed by atoms with E-state index in [0.29, 0.717) is 32.7 Å². The number of carbonyl (C=O) groups excluding carboxylic acids is 1. The number of ether oxygens (including phenoxy) is 2. The summed E-state index contributed by atoms with van der Waals surface area (Å²) in [6.45, 7) is 6.44. The highest BCUT2D eigenvalue weighted by atomic mass is 16.5. The summed E-state index contributed by atoms with van der Waals surface area (Å²) in [6, 6.07) is 7.95. The molecule has 0 saturated carbocycles. The molecule has 5 nitrogen and oxygen atoms in total. The molecular formula is C16H26N2O3. The zero-order valence-electron chi connectivity index (χ0n) is 13.1. The summed E-state index contributed by atoms with van der Waals surface area (Å²) in [4.78, 5) is 11.5. The fourth-order valence-corrected chi connectivity index (χ4v) is 1.82. The van der Waals surface area contributed by atoms with Crippen LogP contribution in [-0.4, -0.2) is 38.8 Å². The monoisotopic (exact) mass is 294 g/mol. The van der Waals surface area contributed by atoms with Crippen molar-refractivity contribution in [1.82, 2.24) is 10.6 Å². The smallest absolute Gasteiger partial charge is 0.221 e. The first-order valence-corrected chi connectivity index (χ1v) is 7.34. The summed E-state index contributed by atoms with van der Waals surface area (Å²) in [7, 11) is 1.62. The summed E-state index contributed by atoms with van der Waals surface area (Å²) in [5.74, 6) is 0.927. The van der Waals surface area contributed by atoms with Gasteiger partial charge in [-0.25, -0.2) is 0 Å². The molecule has 0 saturated heterocycles. The fraction of sp³-hybridized carbons (Fsp3) is 0.562. The number of rotatable bonds is 10. The van der Waals surface area contributed by atoms with Crippen LogP contribution in [0, 0.1) is 0 Å². The minimum atomic E-state index is 0.0336. The number of benzene rings is 1. The molecule has 0 aliphatic rings. The van der Waals surface area contributed by atoms with Gasteiger partial charge < -0.3 is 20.1 Å². The predicted octanol–water partition coefficient (Wildman–Crippen LogP) is 1.72. The number of methoxy groups -OCH3 is 1. The second kappa shape index (κ2) is 10.2. The first-order valence-electron chi connectivity index (χ1n) is 7.34. The van der Waals surface area contributed by atoms with Crippen molar-refractivity contribution in [3.05, 3.63) is 29.8 Å². The molecule has 0 aromatic heterocycles. The van der Waals surface area contributed by atoms with Crippen molar-refractivity contribution in [3.63, 3.8) is 0 Å². The van der Waals surface area contributed by atoms with Crippen LogP contribution in [-0.2, 0) is 16.1 Å². The minimum absolute atomic E-state index is 0.0336. The Morgan fingerprint density at radius 3 is 2.71 bits per heavy atom. The summed E-state index contributed by atoms with van der Waals surface area (Å²) < 4.78 is 10.6. The van der Waals surface area contributed by atoms with E-state index in [-0.39, 0.29) is 12.0 Å². The molecule has 0 radical (unpaired) electrons. The van der Waals surface area contributed by atoms with Gasteiger partial charge in [0, 0.05) is 38.7 Å². The van der Waals surface area contributed by atoms with Gasteiger partial charge in [0.05, 0.1) is 12.7 Å². The zero-order chi connectivity index (χ0) is 15.5. The molecule has 0 spiro atoms. The van der Waals surface area contributed by atoms with Crippen molar-refractivity contribution in [1.29, 1.82) is 0 Å². The maximum Gasteiger partial charge on any atom is 0.221 e. The maximum atomic E-state index is 11.5. The van der Waals surface area contributed by atoms with Gasteiger partial charge >= 0.3 is 0 Å². The van der Waals surface area contributed by atoms with Gasteiger partial charge in [0.15, 0.2) is 0 Å². The molecule has 0 bridgehead atoms. The van der Waals surface area contributed by atoms with E-state index < -0.39 is 0 Å². The molecule has 1 amide bonds. The first-order chi connectivity index (χ1) is 10.1. The van der Waals surface area contributed by atoms with Crippen LogP contribution in [0.3, 0.4) is 0 Å². The Bertz CT molecular complexity index is 422. The molecule has 0 unspecified atom stereocenters. The van der Waals surface area contributed by atoms with Crippen molar-refractivity contribution in [2.75, 3.05) is 26.8 Å². The van der Waals surface area contributed by atoms with Crippen molar-refractivity contribution in [2.24, 2.45) is 0 Å². The van der Waals surface area contributed by atoms with E-state index in [1.807, 2.05) is 38.1 Å². The van der Waals surface area contributed by atoms with Crippen molar-refractivity contribution in [2.45, 2.75) is 32.9 Å². The van der Waals surface area contributed by atoms with Crippen LogP contribution in [0.5, 0.6) is 5.75 Å². The molecule has 21 heavy (non-hydrogen) atoms. The maximum absolute atomic E-state index is 11.5. The Hall–Kier alpha value is -1.59. The van der Waals surface area contributed by atoms with Crippen LogP contribution in [0.15, 0.2) is 24.3 Å². The molecule has 0 aliphatic carbocycles. The van der Waals surface area contributed by atoms with E-state index in [0.717, 1.165) is 11.3 Å². The van der Waals surface area contributed by atoms with Gasteiger partial charge in [-0.05, 0) is 19.9 Å². The quantitative estimate of drug-likeness (QED) is 0.645. The van der Waals surface area contributed by atoms with E-state index in [1.54, 1.807) is 7.11 Å². The molecule has 5 heteroatoms. The fourth-order valence-electron chi connectivity index (χ4n) is 1.82. The number of carbonyl (C=O) groups is 1. The molecule has 1 rings (SSSR count).